The number of nitrogens with two attached hydrogens (primary N) is 1. The average molecular weight is 768 g/mol. The van der Waals surface area contributed by atoms with E-state index in [-0.39, 0.29) is 23.3 Å². The molecule has 0 spiro atoms. The van der Waals surface area contributed by atoms with Crippen LogP contribution in [0.25, 0.3) is 0 Å². The molecule has 2 aromatic carbocycles. The van der Waals surface area contributed by atoms with E-state index in [2.05, 4.69) is 22.0 Å². The molecule has 2 aromatic rings. The van der Waals surface area contributed by atoms with Gasteiger partial charge in [-0.05, 0) is 93.7 Å². The first kappa shape index (κ1) is 42.2. The third kappa shape index (κ3) is 13.7. The van der Waals surface area contributed by atoms with Crippen LogP contribution in [0.5, 0.6) is 23.0 Å². The standard InChI is InChI=1S/C23H36N2O4.C15H22N2O3.CH2Cl2/c1-2-3-4-5-6-9-22(26)24-19(17-25-12-7-8-13-25)23(27)18-10-11-20-21(16-18)29-15-14-28-20;16-12(10-17-5-1-2-6-17)15(18)11-3-4-13-14(9-11)20-8-7-19-13;2-1-3/h10-11,16,19,23,27H,2-9,12-15,17H2,1H3,(H,24,26);3-4,9,12,15,18H,1-2,5-8,10,16H2;1H2/t19-,23-;12-,15-;/m11./s1. The van der Waals surface area contributed by atoms with Gasteiger partial charge >= 0.3 is 0 Å². The van der Waals surface area contributed by atoms with Gasteiger partial charge in [-0.2, -0.15) is 0 Å². The van der Waals surface area contributed by atoms with Crippen molar-refractivity contribution in [2.24, 2.45) is 5.73 Å². The van der Waals surface area contributed by atoms with E-state index in [1.807, 2.05) is 36.4 Å². The number of aliphatic hydroxyl groups is 2. The zero-order valence-electron chi connectivity index (χ0n) is 30.8. The number of alkyl halides is 2. The van der Waals surface area contributed by atoms with E-state index in [9.17, 15) is 15.0 Å². The number of halogens is 2. The second-order valence-corrected chi connectivity index (χ2v) is 14.6. The van der Waals surface area contributed by atoms with Gasteiger partial charge in [0.1, 0.15) is 32.5 Å². The van der Waals surface area contributed by atoms with Gasteiger partial charge < -0.3 is 50.0 Å². The quantitative estimate of drug-likeness (QED) is 0.131. The molecule has 4 aliphatic heterocycles. The predicted molar refractivity (Wildman–Crippen MR) is 206 cm³/mol. The number of aliphatic hydroxyl groups excluding tert-OH is 2. The summed E-state index contributed by atoms with van der Waals surface area (Å²) in [5.41, 5.74) is 7.69. The van der Waals surface area contributed by atoms with Gasteiger partial charge in [0.15, 0.2) is 23.0 Å². The SMILES string of the molecule is CCCCCCCC(=O)N[C@H](CN1CCCC1)[C@H](O)c1ccc2c(c1)OCCO2.ClCCl.N[C@H](CN1CCCC1)[C@H](O)c1ccc2c(c1)OCCO2. The second-order valence-electron chi connectivity index (χ2n) is 13.8. The molecule has 0 aliphatic carbocycles. The lowest BCUT2D eigenvalue weighted by Gasteiger charge is -2.29. The minimum atomic E-state index is -0.782. The Labute approximate surface area is 320 Å². The fourth-order valence-corrected chi connectivity index (χ4v) is 6.97. The number of rotatable bonds is 15. The number of benzene rings is 2. The van der Waals surface area contributed by atoms with E-state index < -0.39 is 12.2 Å². The van der Waals surface area contributed by atoms with E-state index in [0.717, 1.165) is 62.4 Å². The number of hydrogen-bond acceptors (Lipinski definition) is 10. The molecule has 2 saturated heterocycles. The highest BCUT2D eigenvalue weighted by Gasteiger charge is 2.28. The molecule has 6 rings (SSSR count). The minimum Gasteiger partial charge on any atom is -0.486 e. The van der Waals surface area contributed by atoms with E-state index in [4.69, 9.17) is 47.9 Å². The number of ether oxygens (including phenoxy) is 4. The van der Waals surface area contributed by atoms with E-state index in [0.29, 0.717) is 56.6 Å². The van der Waals surface area contributed by atoms with Crippen LogP contribution in [0, 0.1) is 0 Å². The van der Waals surface area contributed by atoms with Crippen LogP contribution in [0.4, 0.5) is 0 Å². The van der Waals surface area contributed by atoms with Crippen LogP contribution in [-0.2, 0) is 4.79 Å². The second kappa shape index (κ2) is 23.3. The Bertz CT molecular complexity index is 1330. The van der Waals surface area contributed by atoms with Crippen molar-refractivity contribution in [1.82, 2.24) is 15.1 Å². The molecule has 52 heavy (non-hydrogen) atoms. The molecule has 11 nitrogen and oxygen atoms in total. The van der Waals surface area contributed by atoms with Gasteiger partial charge in [-0.3, -0.25) is 4.79 Å². The van der Waals surface area contributed by atoms with Gasteiger partial charge in [0.25, 0.3) is 0 Å². The van der Waals surface area contributed by atoms with Gasteiger partial charge in [-0.1, -0.05) is 44.7 Å². The summed E-state index contributed by atoms with van der Waals surface area (Å²) >= 11 is 9.53. The normalized spacial score (nSPS) is 19.0. The summed E-state index contributed by atoms with van der Waals surface area (Å²) in [4.78, 5) is 17.2. The van der Waals surface area contributed by atoms with Gasteiger partial charge in [-0.15, -0.1) is 23.2 Å². The lowest BCUT2D eigenvalue weighted by molar-refractivity contribution is -0.123. The summed E-state index contributed by atoms with van der Waals surface area (Å²) in [7, 11) is 0. The molecular formula is C39H60Cl2N4O7. The Morgan fingerprint density at radius 1 is 0.731 bits per heavy atom. The molecule has 292 valence electrons. The van der Waals surface area contributed by atoms with Crippen molar-refractivity contribution in [3.8, 4) is 23.0 Å². The summed E-state index contributed by atoms with van der Waals surface area (Å²) in [6.45, 7) is 9.98. The number of amides is 1. The molecule has 13 heteroatoms. The summed E-state index contributed by atoms with van der Waals surface area (Å²) in [5, 5.41) is 24.8. The molecule has 4 aliphatic rings. The molecule has 4 heterocycles. The van der Waals surface area contributed by atoms with Crippen molar-refractivity contribution < 1.29 is 34.0 Å². The van der Waals surface area contributed by atoms with Crippen molar-refractivity contribution in [2.45, 2.75) is 95.4 Å². The highest BCUT2D eigenvalue weighted by molar-refractivity contribution is 6.40. The molecule has 0 saturated carbocycles. The number of hydrogen-bond donors (Lipinski definition) is 4. The molecule has 0 unspecified atom stereocenters. The zero-order valence-corrected chi connectivity index (χ0v) is 32.3. The Kier molecular flexibility index (Phi) is 18.9. The summed E-state index contributed by atoms with van der Waals surface area (Å²) in [5.74, 6) is 2.83. The molecule has 4 atom stereocenters. The first-order chi connectivity index (χ1) is 25.3. The van der Waals surface area contributed by atoms with Crippen molar-refractivity contribution in [3.05, 3.63) is 47.5 Å². The topological polar surface area (TPSA) is 139 Å². The third-order valence-electron chi connectivity index (χ3n) is 9.78. The molecule has 1 amide bonds. The maximum absolute atomic E-state index is 12.5. The Balaban J connectivity index is 0.000000228. The lowest BCUT2D eigenvalue weighted by Crippen LogP contribution is -2.46. The van der Waals surface area contributed by atoms with Crippen LogP contribution >= 0.6 is 23.2 Å². The number of nitrogens with one attached hydrogen (secondary N) is 1. The van der Waals surface area contributed by atoms with Gasteiger partial charge in [-0.25, -0.2) is 0 Å². The van der Waals surface area contributed by atoms with Crippen LogP contribution in [0.15, 0.2) is 36.4 Å². The Morgan fingerprint density at radius 2 is 1.19 bits per heavy atom. The molecule has 5 N–H and O–H groups in total. The fraction of sp³-hybridized carbons (Fsp3) is 0.667. The first-order valence-corrected chi connectivity index (χ1v) is 20.2. The lowest BCUT2D eigenvalue weighted by atomic mass is 10.0. The van der Waals surface area contributed by atoms with Gasteiger partial charge in [0, 0.05) is 25.6 Å². The van der Waals surface area contributed by atoms with Crippen molar-refractivity contribution in [3.63, 3.8) is 0 Å². The highest BCUT2D eigenvalue weighted by atomic mass is 35.5. The number of likely N-dealkylation sites (tertiary alicyclic amines) is 2. The molecular weight excluding hydrogens is 707 g/mol. The number of nitrogens with zero attached hydrogens (tertiary/aromatic N) is 2. The zero-order chi connectivity index (χ0) is 37.1. The largest absolute Gasteiger partial charge is 0.486 e. The van der Waals surface area contributed by atoms with Crippen LogP contribution < -0.4 is 30.0 Å². The Hall–Kier alpha value is -2.51. The Morgan fingerprint density at radius 3 is 1.71 bits per heavy atom. The smallest absolute Gasteiger partial charge is 0.220 e. The first-order valence-electron chi connectivity index (χ1n) is 19.1. The summed E-state index contributed by atoms with van der Waals surface area (Å²) in [6.07, 6.45) is 9.48. The molecule has 2 fully saturated rings. The maximum atomic E-state index is 12.5. The van der Waals surface area contributed by atoms with E-state index in [1.54, 1.807) is 0 Å². The highest BCUT2D eigenvalue weighted by Crippen LogP contribution is 2.35. The van der Waals surface area contributed by atoms with Crippen LogP contribution in [0.2, 0.25) is 0 Å². The number of carbonyl (C=O) groups excluding carboxylic acids is 1. The molecule has 0 radical (unpaired) electrons. The van der Waals surface area contributed by atoms with E-state index >= 15 is 0 Å². The number of fused-ring (bicyclic) bond motifs is 2. The fourth-order valence-electron chi connectivity index (χ4n) is 6.97. The average Bonchev–Trinajstić information content (AvgIpc) is 3.89. The molecule has 0 aromatic heterocycles. The molecule has 0 bridgehead atoms. The number of carbonyl (C=O) groups is 1. The van der Waals surface area contributed by atoms with Crippen molar-refractivity contribution in [2.75, 3.05) is 71.0 Å². The summed E-state index contributed by atoms with van der Waals surface area (Å²) in [6, 6.07) is 10.5. The third-order valence-corrected chi connectivity index (χ3v) is 9.78. The van der Waals surface area contributed by atoms with Crippen LogP contribution in [0.1, 0.15) is 94.5 Å². The van der Waals surface area contributed by atoms with Crippen molar-refractivity contribution >= 4 is 29.1 Å². The van der Waals surface area contributed by atoms with Crippen LogP contribution in [-0.4, -0.2) is 109 Å². The predicted octanol–water partition coefficient (Wildman–Crippen LogP) is 5.77. The monoisotopic (exact) mass is 766 g/mol. The van der Waals surface area contributed by atoms with Gasteiger partial charge in [0.05, 0.1) is 17.5 Å². The van der Waals surface area contributed by atoms with E-state index in [1.165, 1.54) is 44.9 Å². The summed E-state index contributed by atoms with van der Waals surface area (Å²) < 4.78 is 22.3. The minimum absolute atomic E-state index is 0.0299. The van der Waals surface area contributed by atoms with Crippen LogP contribution in [0.3, 0.4) is 0 Å². The van der Waals surface area contributed by atoms with Gasteiger partial charge in [0.2, 0.25) is 5.91 Å². The number of unbranched alkanes of at least 4 members (excludes halogenated alkanes) is 4. The maximum Gasteiger partial charge on any atom is 0.220 e. The van der Waals surface area contributed by atoms with Crippen molar-refractivity contribution in [1.29, 1.82) is 0 Å².